The normalized spacial score (nSPS) is 11.4. The van der Waals surface area contributed by atoms with Gasteiger partial charge in [-0.3, -0.25) is 0 Å². The van der Waals surface area contributed by atoms with Crippen LogP contribution in [0.25, 0.3) is 0 Å². The molecule has 1 heterocycles. The van der Waals surface area contributed by atoms with E-state index in [9.17, 15) is 0 Å². The zero-order valence-electron chi connectivity index (χ0n) is 13.5. The zero-order chi connectivity index (χ0) is 15.3. The maximum Gasteiger partial charge on any atom is 0.146 e. The van der Waals surface area contributed by atoms with E-state index < -0.39 is 8.07 Å². The van der Waals surface area contributed by atoms with Crippen LogP contribution in [-0.4, -0.2) is 13.1 Å². The maximum atomic E-state index is 5.52. The van der Waals surface area contributed by atoms with Crippen LogP contribution in [0.4, 0.5) is 0 Å². The summed E-state index contributed by atoms with van der Waals surface area (Å²) in [4.78, 5) is 4.34. The number of aromatic nitrogens is 1. The summed E-state index contributed by atoms with van der Waals surface area (Å²) in [7, 11) is -1.72. The van der Waals surface area contributed by atoms with Gasteiger partial charge in [-0.25, -0.2) is 4.98 Å². The summed E-state index contributed by atoms with van der Waals surface area (Å²) in [6.07, 6.45) is 7.28. The summed E-state index contributed by atoms with van der Waals surface area (Å²) < 4.78 is 0. The van der Waals surface area contributed by atoms with Crippen molar-refractivity contribution in [1.29, 1.82) is 0 Å². The number of terminal acetylenes is 1. The molecule has 0 aliphatic heterocycles. The van der Waals surface area contributed by atoms with Gasteiger partial charge in [0.15, 0.2) is 0 Å². The van der Waals surface area contributed by atoms with E-state index in [1.165, 1.54) is 0 Å². The van der Waals surface area contributed by atoms with Gasteiger partial charge in [0.1, 0.15) is 13.8 Å². The third-order valence-corrected chi connectivity index (χ3v) is 10.5. The molecule has 106 valence electrons. The van der Waals surface area contributed by atoms with Crippen LogP contribution in [0.15, 0.2) is 18.3 Å². The van der Waals surface area contributed by atoms with Crippen LogP contribution in [0.2, 0.25) is 16.6 Å². The highest BCUT2D eigenvalue weighted by Gasteiger charge is 2.41. The molecule has 0 aromatic carbocycles. The minimum atomic E-state index is -1.72. The minimum absolute atomic E-state index is 0.619. The lowest BCUT2D eigenvalue weighted by Crippen LogP contribution is -2.43. The smallest absolute Gasteiger partial charge is 0.146 e. The summed E-state index contributed by atoms with van der Waals surface area (Å²) >= 11 is 0. The molecule has 1 aromatic heterocycles. The highest BCUT2D eigenvalue weighted by molar-refractivity contribution is 6.90. The van der Waals surface area contributed by atoms with Crippen LogP contribution in [-0.2, 0) is 0 Å². The Kier molecular flexibility index (Phi) is 5.60. The maximum absolute atomic E-state index is 5.52. The van der Waals surface area contributed by atoms with Crippen molar-refractivity contribution in [3.05, 3.63) is 29.6 Å². The molecule has 0 aliphatic carbocycles. The third kappa shape index (κ3) is 3.14. The van der Waals surface area contributed by atoms with Gasteiger partial charge in [0, 0.05) is 6.20 Å². The van der Waals surface area contributed by atoms with Crippen molar-refractivity contribution in [1.82, 2.24) is 4.98 Å². The molecule has 1 aromatic rings. The van der Waals surface area contributed by atoms with Crippen LogP contribution in [0.3, 0.4) is 0 Å². The van der Waals surface area contributed by atoms with Crippen LogP contribution >= 0.6 is 0 Å². The van der Waals surface area contributed by atoms with Crippen molar-refractivity contribution in [3.63, 3.8) is 0 Å². The number of hydrogen-bond donors (Lipinski definition) is 0. The zero-order valence-corrected chi connectivity index (χ0v) is 14.5. The van der Waals surface area contributed by atoms with Crippen molar-refractivity contribution in [2.75, 3.05) is 0 Å². The lowest BCUT2D eigenvalue weighted by molar-refractivity contribution is 0.838. The first-order valence-electron chi connectivity index (χ1n) is 7.31. The monoisotopic (exact) mass is 283 g/mol. The van der Waals surface area contributed by atoms with Crippen molar-refractivity contribution in [2.45, 2.75) is 58.2 Å². The van der Waals surface area contributed by atoms with Gasteiger partial charge < -0.3 is 0 Å². The topological polar surface area (TPSA) is 12.9 Å². The number of hydrogen-bond acceptors (Lipinski definition) is 1. The molecule has 20 heavy (non-hydrogen) atoms. The summed E-state index contributed by atoms with van der Waals surface area (Å²) in [6.45, 7) is 13.8. The van der Waals surface area contributed by atoms with Gasteiger partial charge in [0.05, 0.1) is 5.56 Å². The van der Waals surface area contributed by atoms with E-state index in [4.69, 9.17) is 6.42 Å². The average molecular weight is 283 g/mol. The summed E-state index contributed by atoms with van der Waals surface area (Å²) in [5, 5.41) is 0. The standard InChI is InChI=1S/C18H25NSi/c1-8-17-10-9-12-19-18(17)11-13-20(14(2)3,15(4)5)16(6)7/h1,9-10,12,14-16H,2-7H3. The lowest BCUT2D eigenvalue weighted by Gasteiger charge is -2.38. The van der Waals surface area contributed by atoms with E-state index in [0.29, 0.717) is 16.6 Å². The van der Waals surface area contributed by atoms with E-state index >= 15 is 0 Å². The van der Waals surface area contributed by atoms with Crippen molar-refractivity contribution >= 4 is 8.07 Å². The van der Waals surface area contributed by atoms with Crippen molar-refractivity contribution in [2.24, 2.45) is 0 Å². The average Bonchev–Trinajstić information content (AvgIpc) is 2.38. The van der Waals surface area contributed by atoms with Gasteiger partial charge in [-0.15, -0.1) is 12.0 Å². The molecule has 0 radical (unpaired) electrons. The highest BCUT2D eigenvalue weighted by atomic mass is 28.3. The van der Waals surface area contributed by atoms with E-state index in [-0.39, 0.29) is 0 Å². The molecule has 0 amide bonds. The Balaban J connectivity index is 3.35. The number of nitrogens with zero attached hydrogens (tertiary/aromatic N) is 1. The molecule has 0 fully saturated rings. The van der Waals surface area contributed by atoms with Gasteiger partial charge in [-0.05, 0) is 28.8 Å². The molecule has 2 heteroatoms. The Labute approximate surface area is 125 Å². The SMILES string of the molecule is C#Cc1cccnc1C#C[Si](C(C)C)(C(C)C)C(C)C. The fraction of sp³-hybridized carbons (Fsp3) is 0.500. The third-order valence-electron chi connectivity index (χ3n) is 4.23. The molecule has 0 saturated heterocycles. The largest absolute Gasteiger partial charge is 0.246 e. The first-order chi connectivity index (χ1) is 9.36. The second kappa shape index (κ2) is 6.78. The Hall–Kier alpha value is -1.51. The molecule has 0 N–H and O–H groups in total. The van der Waals surface area contributed by atoms with Gasteiger partial charge >= 0.3 is 0 Å². The molecular formula is C18H25NSi. The van der Waals surface area contributed by atoms with E-state index in [2.05, 4.69) is 63.9 Å². The quantitative estimate of drug-likeness (QED) is 0.582. The van der Waals surface area contributed by atoms with Gasteiger partial charge in [0.2, 0.25) is 0 Å². The molecule has 0 saturated carbocycles. The fourth-order valence-electron chi connectivity index (χ4n) is 3.22. The highest BCUT2D eigenvalue weighted by Crippen LogP contribution is 2.40. The van der Waals surface area contributed by atoms with E-state index in [1.54, 1.807) is 6.20 Å². The van der Waals surface area contributed by atoms with E-state index in [0.717, 1.165) is 11.3 Å². The molecule has 0 atom stereocenters. The minimum Gasteiger partial charge on any atom is -0.246 e. The van der Waals surface area contributed by atoms with Crippen LogP contribution in [0.5, 0.6) is 0 Å². The van der Waals surface area contributed by atoms with Crippen LogP contribution in [0, 0.1) is 23.8 Å². The fourth-order valence-corrected chi connectivity index (χ4v) is 8.42. The second-order valence-electron chi connectivity index (χ2n) is 6.19. The van der Waals surface area contributed by atoms with Gasteiger partial charge in [-0.1, -0.05) is 53.4 Å². The summed E-state index contributed by atoms with van der Waals surface area (Å²) in [5.41, 5.74) is 7.04. The van der Waals surface area contributed by atoms with Crippen LogP contribution < -0.4 is 0 Å². The van der Waals surface area contributed by atoms with Crippen molar-refractivity contribution in [3.8, 4) is 23.8 Å². The predicted molar refractivity (Wildman–Crippen MR) is 90.1 cm³/mol. The molecule has 1 nitrogen and oxygen atoms in total. The molecule has 0 aliphatic rings. The molecule has 0 spiro atoms. The molecular weight excluding hydrogens is 258 g/mol. The van der Waals surface area contributed by atoms with Gasteiger partial charge in [0.25, 0.3) is 0 Å². The summed E-state index contributed by atoms with van der Waals surface area (Å²) in [5.74, 6) is 5.98. The van der Waals surface area contributed by atoms with Crippen molar-refractivity contribution < 1.29 is 0 Å². The Morgan fingerprint density at radius 2 is 1.60 bits per heavy atom. The Morgan fingerprint density at radius 3 is 2.05 bits per heavy atom. The molecule has 0 bridgehead atoms. The number of pyridine rings is 1. The first kappa shape index (κ1) is 16.5. The number of rotatable bonds is 3. The first-order valence-corrected chi connectivity index (χ1v) is 9.54. The predicted octanol–water partition coefficient (Wildman–Crippen LogP) is 4.63. The van der Waals surface area contributed by atoms with E-state index in [1.807, 2.05) is 12.1 Å². The Morgan fingerprint density at radius 1 is 1.05 bits per heavy atom. The lowest BCUT2D eigenvalue weighted by atomic mass is 10.2. The summed E-state index contributed by atoms with van der Waals surface area (Å²) in [6, 6.07) is 3.76. The molecule has 0 unspecified atom stereocenters. The van der Waals surface area contributed by atoms with Crippen LogP contribution in [0.1, 0.15) is 52.8 Å². The second-order valence-corrected chi connectivity index (χ2v) is 11.8. The molecule has 1 rings (SSSR count). The Bertz CT molecular complexity index is 531. The van der Waals surface area contributed by atoms with Gasteiger partial charge in [-0.2, -0.15) is 0 Å².